The van der Waals surface area contributed by atoms with Gasteiger partial charge >= 0.3 is 0 Å². The van der Waals surface area contributed by atoms with Crippen LogP contribution in [0, 0.1) is 0 Å². The highest BCUT2D eigenvalue weighted by Gasteiger charge is 1.97. The number of hydrogen-bond donors (Lipinski definition) is 1. The average molecular weight is 284 g/mol. The van der Waals surface area contributed by atoms with E-state index >= 15 is 0 Å². The molecule has 0 saturated heterocycles. The molecule has 0 aliphatic rings. The SMILES string of the molecule is CSc1ccc(C=CC(=O)NCc2ccccn2)cc1. The number of hydrogen-bond acceptors (Lipinski definition) is 3. The van der Waals surface area contributed by atoms with E-state index in [0.717, 1.165) is 11.3 Å². The van der Waals surface area contributed by atoms with Gasteiger partial charge in [-0.05, 0) is 42.2 Å². The van der Waals surface area contributed by atoms with Gasteiger partial charge in [-0.1, -0.05) is 18.2 Å². The smallest absolute Gasteiger partial charge is 0.244 e. The molecule has 1 aromatic carbocycles. The number of amides is 1. The Kier molecular flexibility index (Phi) is 5.38. The lowest BCUT2D eigenvalue weighted by Crippen LogP contribution is -2.20. The fourth-order valence-corrected chi connectivity index (χ4v) is 2.03. The zero-order valence-corrected chi connectivity index (χ0v) is 12.1. The summed E-state index contributed by atoms with van der Waals surface area (Å²) in [5.74, 6) is -0.121. The number of aromatic nitrogens is 1. The summed E-state index contributed by atoms with van der Waals surface area (Å²) < 4.78 is 0. The maximum absolute atomic E-state index is 11.7. The number of thioether (sulfide) groups is 1. The molecule has 20 heavy (non-hydrogen) atoms. The van der Waals surface area contributed by atoms with Crippen molar-refractivity contribution >= 4 is 23.7 Å². The second-order valence-electron chi connectivity index (χ2n) is 4.15. The Balaban J connectivity index is 1.85. The Morgan fingerprint density at radius 2 is 2.05 bits per heavy atom. The van der Waals surface area contributed by atoms with Crippen LogP contribution in [0.4, 0.5) is 0 Å². The van der Waals surface area contributed by atoms with Crippen molar-refractivity contribution in [3.63, 3.8) is 0 Å². The molecule has 1 N–H and O–H groups in total. The lowest BCUT2D eigenvalue weighted by Gasteiger charge is -2.01. The van der Waals surface area contributed by atoms with Crippen LogP contribution in [0.15, 0.2) is 59.6 Å². The van der Waals surface area contributed by atoms with Gasteiger partial charge < -0.3 is 5.32 Å². The van der Waals surface area contributed by atoms with Gasteiger partial charge in [0, 0.05) is 17.2 Å². The van der Waals surface area contributed by atoms with Crippen molar-refractivity contribution in [3.05, 3.63) is 66.0 Å². The van der Waals surface area contributed by atoms with Crippen molar-refractivity contribution in [2.45, 2.75) is 11.4 Å². The molecule has 0 atom stereocenters. The summed E-state index contributed by atoms with van der Waals surface area (Å²) in [6, 6.07) is 13.7. The first-order valence-electron chi connectivity index (χ1n) is 6.28. The third-order valence-electron chi connectivity index (χ3n) is 2.71. The molecular weight excluding hydrogens is 268 g/mol. The van der Waals surface area contributed by atoms with E-state index in [4.69, 9.17) is 0 Å². The molecule has 1 aromatic heterocycles. The van der Waals surface area contributed by atoms with Crippen LogP contribution in [0.25, 0.3) is 6.08 Å². The predicted molar refractivity (Wildman–Crippen MR) is 83.3 cm³/mol. The van der Waals surface area contributed by atoms with Crippen molar-refractivity contribution in [1.82, 2.24) is 10.3 Å². The highest BCUT2D eigenvalue weighted by atomic mass is 32.2. The van der Waals surface area contributed by atoms with Crippen LogP contribution in [-0.4, -0.2) is 17.1 Å². The van der Waals surface area contributed by atoms with Crippen molar-refractivity contribution in [2.75, 3.05) is 6.26 Å². The summed E-state index contributed by atoms with van der Waals surface area (Å²) in [7, 11) is 0. The van der Waals surface area contributed by atoms with E-state index in [-0.39, 0.29) is 5.91 Å². The maximum Gasteiger partial charge on any atom is 0.244 e. The highest BCUT2D eigenvalue weighted by Crippen LogP contribution is 2.15. The minimum absolute atomic E-state index is 0.121. The summed E-state index contributed by atoms with van der Waals surface area (Å²) in [6.07, 6.45) is 7.09. The Bertz CT molecular complexity index is 579. The van der Waals surface area contributed by atoms with Crippen LogP contribution in [-0.2, 0) is 11.3 Å². The molecule has 4 heteroatoms. The first kappa shape index (κ1) is 14.3. The molecular formula is C16H16N2OS. The van der Waals surface area contributed by atoms with E-state index < -0.39 is 0 Å². The largest absolute Gasteiger partial charge is 0.347 e. The first-order valence-corrected chi connectivity index (χ1v) is 7.50. The molecule has 0 aliphatic carbocycles. The zero-order chi connectivity index (χ0) is 14.2. The molecule has 2 rings (SSSR count). The number of carbonyl (C=O) groups excluding carboxylic acids is 1. The number of rotatable bonds is 5. The molecule has 0 unspecified atom stereocenters. The normalized spacial score (nSPS) is 10.7. The summed E-state index contributed by atoms with van der Waals surface area (Å²) in [5, 5.41) is 2.80. The lowest BCUT2D eigenvalue weighted by molar-refractivity contribution is -0.116. The van der Waals surface area contributed by atoms with Crippen LogP contribution in [0.1, 0.15) is 11.3 Å². The highest BCUT2D eigenvalue weighted by molar-refractivity contribution is 7.98. The minimum atomic E-state index is -0.121. The van der Waals surface area contributed by atoms with Gasteiger partial charge in [-0.2, -0.15) is 0 Å². The van der Waals surface area contributed by atoms with E-state index in [1.165, 1.54) is 11.0 Å². The monoisotopic (exact) mass is 284 g/mol. The van der Waals surface area contributed by atoms with Crippen molar-refractivity contribution in [1.29, 1.82) is 0 Å². The van der Waals surface area contributed by atoms with Gasteiger partial charge in [0.25, 0.3) is 0 Å². The van der Waals surface area contributed by atoms with Gasteiger partial charge in [0.05, 0.1) is 12.2 Å². The third-order valence-corrected chi connectivity index (χ3v) is 3.46. The molecule has 0 spiro atoms. The quantitative estimate of drug-likeness (QED) is 0.677. The third kappa shape index (κ3) is 4.55. The van der Waals surface area contributed by atoms with E-state index in [9.17, 15) is 4.79 Å². The standard InChI is InChI=1S/C16H16N2OS/c1-20-15-8-5-13(6-9-15)7-10-16(19)18-12-14-4-2-3-11-17-14/h2-11H,12H2,1H3,(H,18,19). The molecule has 1 amide bonds. The molecule has 1 heterocycles. The second kappa shape index (κ2) is 7.50. The summed E-state index contributed by atoms with van der Waals surface area (Å²) in [4.78, 5) is 17.0. The Hall–Kier alpha value is -2.07. The minimum Gasteiger partial charge on any atom is -0.347 e. The number of nitrogens with one attached hydrogen (secondary N) is 1. The molecule has 0 saturated carbocycles. The summed E-state index contributed by atoms with van der Waals surface area (Å²) in [6.45, 7) is 0.440. The fourth-order valence-electron chi connectivity index (χ4n) is 1.63. The predicted octanol–water partition coefficient (Wildman–Crippen LogP) is 3.13. The Morgan fingerprint density at radius 3 is 2.70 bits per heavy atom. The average Bonchev–Trinajstić information content (AvgIpc) is 2.52. The molecule has 0 aliphatic heterocycles. The topological polar surface area (TPSA) is 42.0 Å². The van der Waals surface area contributed by atoms with Gasteiger partial charge in [-0.3, -0.25) is 9.78 Å². The van der Waals surface area contributed by atoms with Gasteiger partial charge in [-0.15, -0.1) is 11.8 Å². The van der Waals surface area contributed by atoms with Gasteiger partial charge in [0.15, 0.2) is 0 Å². The van der Waals surface area contributed by atoms with E-state index in [2.05, 4.69) is 10.3 Å². The van der Waals surface area contributed by atoms with Crippen LogP contribution in [0.3, 0.4) is 0 Å². The van der Waals surface area contributed by atoms with E-state index in [1.54, 1.807) is 24.0 Å². The molecule has 2 aromatic rings. The Labute approximate surface area is 123 Å². The van der Waals surface area contributed by atoms with Crippen LogP contribution in [0.5, 0.6) is 0 Å². The summed E-state index contributed by atoms with van der Waals surface area (Å²) in [5.41, 5.74) is 1.86. The molecule has 102 valence electrons. The van der Waals surface area contributed by atoms with Crippen LogP contribution >= 0.6 is 11.8 Å². The zero-order valence-electron chi connectivity index (χ0n) is 11.2. The number of benzene rings is 1. The van der Waals surface area contributed by atoms with Gasteiger partial charge in [-0.25, -0.2) is 0 Å². The molecule has 0 bridgehead atoms. The first-order chi connectivity index (χ1) is 9.78. The van der Waals surface area contributed by atoms with E-state index in [0.29, 0.717) is 6.54 Å². The number of nitrogens with zero attached hydrogens (tertiary/aromatic N) is 1. The lowest BCUT2D eigenvalue weighted by atomic mass is 10.2. The Morgan fingerprint density at radius 1 is 1.25 bits per heavy atom. The molecule has 0 fully saturated rings. The number of pyridine rings is 1. The second-order valence-corrected chi connectivity index (χ2v) is 5.03. The van der Waals surface area contributed by atoms with Crippen molar-refractivity contribution < 1.29 is 4.79 Å². The van der Waals surface area contributed by atoms with Gasteiger partial charge in [0.1, 0.15) is 0 Å². The fraction of sp³-hybridized carbons (Fsp3) is 0.125. The van der Waals surface area contributed by atoms with E-state index in [1.807, 2.05) is 48.7 Å². The van der Waals surface area contributed by atoms with Crippen LogP contribution in [0.2, 0.25) is 0 Å². The number of carbonyl (C=O) groups is 1. The maximum atomic E-state index is 11.7. The van der Waals surface area contributed by atoms with Crippen LogP contribution < -0.4 is 5.32 Å². The van der Waals surface area contributed by atoms with Crippen molar-refractivity contribution in [3.8, 4) is 0 Å². The molecule has 3 nitrogen and oxygen atoms in total. The summed E-state index contributed by atoms with van der Waals surface area (Å²) >= 11 is 1.70. The van der Waals surface area contributed by atoms with Gasteiger partial charge in [0.2, 0.25) is 5.91 Å². The molecule has 0 radical (unpaired) electrons. The van der Waals surface area contributed by atoms with Crippen molar-refractivity contribution in [2.24, 2.45) is 0 Å².